The molecule has 0 fully saturated rings. The summed E-state index contributed by atoms with van der Waals surface area (Å²) >= 11 is 0. The molecule has 1 heterocycles. The van der Waals surface area contributed by atoms with Crippen molar-refractivity contribution in [1.82, 2.24) is 9.97 Å². The van der Waals surface area contributed by atoms with Gasteiger partial charge in [-0.05, 0) is 44.2 Å². The molecule has 2 rings (SSSR count). The van der Waals surface area contributed by atoms with Crippen LogP contribution in [-0.4, -0.2) is 16.6 Å². The van der Waals surface area contributed by atoms with Gasteiger partial charge >= 0.3 is 0 Å². The summed E-state index contributed by atoms with van der Waals surface area (Å²) in [6.45, 7) is 5.24. The number of ether oxygens (including phenoxy) is 1. The Labute approximate surface area is 107 Å². The first-order valence-corrected chi connectivity index (χ1v) is 6.03. The van der Waals surface area contributed by atoms with Crippen LogP contribution in [0.2, 0.25) is 0 Å². The smallest absolute Gasteiger partial charge is 0.125 e. The summed E-state index contributed by atoms with van der Waals surface area (Å²) in [6, 6.07) is 9.82. The first-order chi connectivity index (χ1) is 8.78. The van der Waals surface area contributed by atoms with E-state index in [-0.39, 0.29) is 0 Å². The van der Waals surface area contributed by atoms with Crippen molar-refractivity contribution in [2.24, 2.45) is 0 Å². The van der Waals surface area contributed by atoms with Crippen molar-refractivity contribution in [1.29, 1.82) is 0 Å². The molecule has 0 aliphatic carbocycles. The summed E-state index contributed by atoms with van der Waals surface area (Å²) in [5.41, 5.74) is 2.03. The van der Waals surface area contributed by atoms with Crippen LogP contribution in [0.4, 0.5) is 5.69 Å². The molecule has 0 aliphatic rings. The van der Waals surface area contributed by atoms with Crippen LogP contribution in [0.15, 0.2) is 36.5 Å². The van der Waals surface area contributed by atoms with Crippen molar-refractivity contribution in [2.75, 3.05) is 11.9 Å². The summed E-state index contributed by atoms with van der Waals surface area (Å²) in [5, 5.41) is 3.31. The monoisotopic (exact) mass is 243 g/mol. The van der Waals surface area contributed by atoms with E-state index in [4.69, 9.17) is 4.74 Å². The molecule has 4 heteroatoms. The van der Waals surface area contributed by atoms with Gasteiger partial charge in [-0.1, -0.05) is 0 Å². The number of aryl methyl sites for hydroxylation is 1. The Balaban J connectivity index is 1.93. The van der Waals surface area contributed by atoms with E-state index < -0.39 is 0 Å². The molecular formula is C14H17N3O. The third-order valence-corrected chi connectivity index (χ3v) is 2.47. The van der Waals surface area contributed by atoms with Crippen LogP contribution in [0, 0.1) is 6.92 Å². The quantitative estimate of drug-likeness (QED) is 0.877. The lowest BCUT2D eigenvalue weighted by atomic mass is 10.3. The lowest BCUT2D eigenvalue weighted by Crippen LogP contribution is -2.03. The second kappa shape index (κ2) is 6.00. The van der Waals surface area contributed by atoms with Gasteiger partial charge in [0.25, 0.3) is 0 Å². The highest BCUT2D eigenvalue weighted by Crippen LogP contribution is 2.16. The molecule has 1 aromatic heterocycles. The van der Waals surface area contributed by atoms with Gasteiger partial charge in [0.05, 0.1) is 18.8 Å². The molecule has 1 aromatic carbocycles. The third kappa shape index (κ3) is 3.45. The average molecular weight is 243 g/mol. The molecule has 0 saturated heterocycles. The zero-order chi connectivity index (χ0) is 12.8. The Morgan fingerprint density at radius 1 is 1.17 bits per heavy atom. The van der Waals surface area contributed by atoms with Crippen LogP contribution in [0.5, 0.6) is 5.75 Å². The van der Waals surface area contributed by atoms with Gasteiger partial charge in [-0.15, -0.1) is 0 Å². The molecular weight excluding hydrogens is 226 g/mol. The molecule has 1 N–H and O–H groups in total. The highest BCUT2D eigenvalue weighted by molar-refractivity contribution is 5.46. The second-order valence-corrected chi connectivity index (χ2v) is 3.91. The number of anilines is 1. The minimum Gasteiger partial charge on any atom is -0.494 e. The predicted molar refractivity (Wildman–Crippen MR) is 71.7 cm³/mol. The van der Waals surface area contributed by atoms with E-state index in [2.05, 4.69) is 15.3 Å². The summed E-state index contributed by atoms with van der Waals surface area (Å²) < 4.78 is 5.39. The maximum Gasteiger partial charge on any atom is 0.125 e. The molecule has 0 atom stereocenters. The Bertz CT molecular complexity index is 497. The highest BCUT2D eigenvalue weighted by Gasteiger charge is 1.97. The van der Waals surface area contributed by atoms with Gasteiger partial charge < -0.3 is 10.1 Å². The Morgan fingerprint density at radius 2 is 1.94 bits per heavy atom. The Morgan fingerprint density at radius 3 is 2.61 bits per heavy atom. The number of nitrogens with zero attached hydrogens (tertiary/aromatic N) is 2. The van der Waals surface area contributed by atoms with Crippen LogP contribution < -0.4 is 10.1 Å². The van der Waals surface area contributed by atoms with Gasteiger partial charge in [0.2, 0.25) is 0 Å². The number of aromatic nitrogens is 2. The van der Waals surface area contributed by atoms with Crippen LogP contribution in [0.25, 0.3) is 0 Å². The zero-order valence-electron chi connectivity index (χ0n) is 10.7. The summed E-state index contributed by atoms with van der Waals surface area (Å²) in [5.74, 6) is 1.68. The molecule has 18 heavy (non-hydrogen) atoms. The summed E-state index contributed by atoms with van der Waals surface area (Å²) in [7, 11) is 0. The first kappa shape index (κ1) is 12.4. The van der Waals surface area contributed by atoms with Crippen LogP contribution in [-0.2, 0) is 6.54 Å². The molecule has 0 spiro atoms. The maximum absolute atomic E-state index is 5.39. The van der Waals surface area contributed by atoms with Crippen molar-refractivity contribution >= 4 is 5.69 Å². The average Bonchev–Trinajstić information content (AvgIpc) is 2.38. The molecule has 0 radical (unpaired) electrons. The fraction of sp³-hybridized carbons (Fsp3) is 0.286. The van der Waals surface area contributed by atoms with Crippen LogP contribution >= 0.6 is 0 Å². The number of rotatable bonds is 5. The van der Waals surface area contributed by atoms with Gasteiger partial charge in [0.15, 0.2) is 0 Å². The van der Waals surface area contributed by atoms with Crippen LogP contribution in [0.3, 0.4) is 0 Å². The zero-order valence-corrected chi connectivity index (χ0v) is 10.7. The van der Waals surface area contributed by atoms with Gasteiger partial charge in [-0.2, -0.15) is 0 Å². The SMILES string of the molecule is CCOc1ccc(NCc2ccnc(C)n2)cc1. The Kier molecular flexibility index (Phi) is 4.12. The molecule has 0 saturated carbocycles. The maximum atomic E-state index is 5.39. The number of nitrogens with one attached hydrogen (secondary N) is 1. The minimum absolute atomic E-state index is 0.687. The molecule has 4 nitrogen and oxygen atoms in total. The number of hydrogen-bond donors (Lipinski definition) is 1. The van der Waals surface area contributed by atoms with E-state index in [0.717, 1.165) is 23.0 Å². The highest BCUT2D eigenvalue weighted by atomic mass is 16.5. The van der Waals surface area contributed by atoms with E-state index in [0.29, 0.717) is 13.2 Å². The summed E-state index contributed by atoms with van der Waals surface area (Å²) in [4.78, 5) is 8.41. The van der Waals surface area contributed by atoms with Crippen LogP contribution in [0.1, 0.15) is 18.4 Å². The minimum atomic E-state index is 0.687. The van der Waals surface area contributed by atoms with Crippen molar-refractivity contribution in [3.8, 4) is 5.75 Å². The van der Waals surface area contributed by atoms with Crippen molar-refractivity contribution < 1.29 is 4.74 Å². The fourth-order valence-corrected chi connectivity index (χ4v) is 1.63. The number of benzene rings is 1. The molecule has 2 aromatic rings. The largest absolute Gasteiger partial charge is 0.494 e. The normalized spacial score (nSPS) is 10.1. The topological polar surface area (TPSA) is 47.0 Å². The molecule has 0 aliphatic heterocycles. The molecule has 0 amide bonds. The lowest BCUT2D eigenvalue weighted by molar-refractivity contribution is 0.340. The van der Waals surface area contributed by atoms with E-state index in [1.165, 1.54) is 0 Å². The van der Waals surface area contributed by atoms with E-state index >= 15 is 0 Å². The first-order valence-electron chi connectivity index (χ1n) is 6.03. The van der Waals surface area contributed by atoms with Crippen molar-refractivity contribution in [3.63, 3.8) is 0 Å². The van der Waals surface area contributed by atoms with E-state index in [1.807, 2.05) is 44.2 Å². The standard InChI is InChI=1S/C14H17N3O/c1-3-18-14-6-4-12(5-7-14)16-10-13-8-9-15-11(2)17-13/h4-9,16H,3,10H2,1-2H3. The van der Waals surface area contributed by atoms with E-state index in [1.54, 1.807) is 6.20 Å². The number of hydrogen-bond acceptors (Lipinski definition) is 4. The molecule has 94 valence electrons. The van der Waals surface area contributed by atoms with E-state index in [9.17, 15) is 0 Å². The summed E-state index contributed by atoms with van der Waals surface area (Å²) in [6.07, 6.45) is 1.78. The predicted octanol–water partition coefficient (Wildman–Crippen LogP) is 2.80. The Hall–Kier alpha value is -2.10. The van der Waals surface area contributed by atoms with Gasteiger partial charge in [-0.25, -0.2) is 9.97 Å². The molecule has 0 bridgehead atoms. The second-order valence-electron chi connectivity index (χ2n) is 3.91. The van der Waals surface area contributed by atoms with Gasteiger partial charge in [0.1, 0.15) is 11.6 Å². The fourth-order valence-electron chi connectivity index (χ4n) is 1.63. The van der Waals surface area contributed by atoms with Crippen molar-refractivity contribution in [2.45, 2.75) is 20.4 Å². The van der Waals surface area contributed by atoms with Gasteiger partial charge in [0, 0.05) is 11.9 Å². The lowest BCUT2D eigenvalue weighted by Gasteiger charge is -2.07. The third-order valence-electron chi connectivity index (χ3n) is 2.47. The molecule has 0 unspecified atom stereocenters. The van der Waals surface area contributed by atoms with Crippen molar-refractivity contribution in [3.05, 3.63) is 48.0 Å². The van der Waals surface area contributed by atoms with Gasteiger partial charge in [-0.3, -0.25) is 0 Å².